The summed E-state index contributed by atoms with van der Waals surface area (Å²) in [5.41, 5.74) is 11.0. The molecule has 2 unspecified atom stereocenters. The van der Waals surface area contributed by atoms with Crippen LogP contribution in [0, 0.1) is 13.8 Å². The second kappa shape index (κ2) is 12.6. The number of rotatable bonds is 6. The topological polar surface area (TPSA) is 6.48 Å². The summed E-state index contributed by atoms with van der Waals surface area (Å²) in [6, 6.07) is 55.4. The van der Waals surface area contributed by atoms with Crippen molar-refractivity contribution in [3.8, 4) is 0 Å². The standard InChI is InChI=1S/C48H36N2S2/c1-31-17-21-35(22-18-31)49(33-11-5-3-6-12-33)37-25-27-41-43(29-37)51-47-45(41)39-15-9-10-16-40(39)46-42-28-26-38(30-44(42)52-48(46)47)50(34-13-7-4-8-14-34)36-23-19-32(2)20-24-36/h3-30,41,43H,1-2H3. The number of anilines is 5. The Balaban J connectivity index is 1.11. The zero-order valence-corrected chi connectivity index (χ0v) is 30.7. The normalized spacial score (nSPS) is 16.2. The minimum atomic E-state index is 0.302. The Hall–Kier alpha value is -5.55. The molecule has 0 fully saturated rings. The quantitative estimate of drug-likeness (QED) is 0.170. The molecule has 10 rings (SSSR count). The van der Waals surface area contributed by atoms with Crippen LogP contribution in [0.25, 0.3) is 30.9 Å². The molecule has 250 valence electrons. The molecule has 52 heavy (non-hydrogen) atoms. The molecule has 0 saturated carbocycles. The van der Waals surface area contributed by atoms with Gasteiger partial charge < -0.3 is 9.80 Å². The molecular weight excluding hydrogens is 669 g/mol. The molecule has 2 heterocycles. The Morgan fingerprint density at radius 3 is 1.75 bits per heavy atom. The van der Waals surface area contributed by atoms with Crippen LogP contribution in [0.5, 0.6) is 0 Å². The van der Waals surface area contributed by atoms with Crippen molar-refractivity contribution in [2.75, 3.05) is 9.80 Å². The van der Waals surface area contributed by atoms with E-state index in [9.17, 15) is 0 Å². The molecule has 0 bridgehead atoms. The average molecular weight is 705 g/mol. The lowest BCUT2D eigenvalue weighted by molar-refractivity contribution is 0.877. The van der Waals surface area contributed by atoms with Crippen molar-refractivity contribution in [2.24, 2.45) is 0 Å². The number of allylic oxidation sites excluding steroid dienone is 2. The van der Waals surface area contributed by atoms with Gasteiger partial charge in [-0.15, -0.1) is 23.1 Å². The fourth-order valence-electron chi connectivity index (χ4n) is 8.01. The van der Waals surface area contributed by atoms with Crippen LogP contribution in [0.1, 0.15) is 22.6 Å². The van der Waals surface area contributed by atoms with Crippen molar-refractivity contribution in [2.45, 2.75) is 29.9 Å². The van der Waals surface area contributed by atoms with Crippen LogP contribution in [-0.2, 0) is 0 Å². The summed E-state index contributed by atoms with van der Waals surface area (Å²) < 4.78 is 2.72. The molecule has 2 nitrogen and oxygen atoms in total. The number of thiophene rings is 1. The van der Waals surface area contributed by atoms with Gasteiger partial charge in [0.2, 0.25) is 0 Å². The largest absolute Gasteiger partial charge is 0.311 e. The van der Waals surface area contributed by atoms with Crippen LogP contribution in [0.3, 0.4) is 0 Å². The lowest BCUT2D eigenvalue weighted by Gasteiger charge is -2.30. The maximum atomic E-state index is 2.51. The van der Waals surface area contributed by atoms with Crippen LogP contribution in [0.2, 0.25) is 0 Å². The number of hydrogen-bond acceptors (Lipinski definition) is 4. The third-order valence-corrected chi connectivity index (χ3v) is 13.2. The summed E-state index contributed by atoms with van der Waals surface area (Å²) in [6.07, 6.45) is 7.32. The smallest absolute Gasteiger partial charge is 0.0501 e. The zero-order valence-electron chi connectivity index (χ0n) is 29.0. The Morgan fingerprint density at radius 2 is 1.08 bits per heavy atom. The summed E-state index contributed by atoms with van der Waals surface area (Å²) in [7, 11) is 0. The minimum Gasteiger partial charge on any atom is -0.311 e. The predicted octanol–water partition coefficient (Wildman–Crippen LogP) is 14.1. The molecular formula is C48H36N2S2. The highest BCUT2D eigenvalue weighted by molar-refractivity contribution is 8.00. The van der Waals surface area contributed by atoms with E-state index < -0.39 is 0 Å². The van der Waals surface area contributed by atoms with Crippen molar-refractivity contribution in [1.29, 1.82) is 0 Å². The summed E-state index contributed by atoms with van der Waals surface area (Å²) in [6.45, 7) is 4.29. The molecule has 2 aliphatic rings. The number of benzene rings is 7. The van der Waals surface area contributed by atoms with Crippen LogP contribution < -0.4 is 9.80 Å². The van der Waals surface area contributed by atoms with Crippen LogP contribution in [0.4, 0.5) is 28.4 Å². The van der Waals surface area contributed by atoms with Gasteiger partial charge in [0.1, 0.15) is 0 Å². The Kier molecular flexibility index (Phi) is 7.56. The van der Waals surface area contributed by atoms with Gasteiger partial charge in [-0.3, -0.25) is 0 Å². The van der Waals surface area contributed by atoms with E-state index in [2.05, 4.69) is 194 Å². The van der Waals surface area contributed by atoms with E-state index in [0.29, 0.717) is 11.2 Å². The molecule has 8 aromatic rings. The molecule has 1 aromatic heterocycles. The summed E-state index contributed by atoms with van der Waals surface area (Å²) >= 11 is 4.00. The Labute approximate surface area is 313 Å². The summed E-state index contributed by atoms with van der Waals surface area (Å²) in [5, 5.41) is 5.74. The summed E-state index contributed by atoms with van der Waals surface area (Å²) in [4.78, 5) is 6.21. The van der Waals surface area contributed by atoms with E-state index >= 15 is 0 Å². The Bertz CT molecular complexity index is 2670. The van der Waals surface area contributed by atoms with E-state index in [-0.39, 0.29) is 0 Å². The average Bonchev–Trinajstić information content (AvgIpc) is 3.77. The summed E-state index contributed by atoms with van der Waals surface area (Å²) in [5.74, 6) is 0.310. The zero-order chi connectivity index (χ0) is 34.8. The van der Waals surface area contributed by atoms with Gasteiger partial charge in [-0.05, 0) is 103 Å². The van der Waals surface area contributed by atoms with Gasteiger partial charge >= 0.3 is 0 Å². The van der Waals surface area contributed by atoms with E-state index in [0.717, 1.165) is 11.4 Å². The molecule has 0 amide bonds. The van der Waals surface area contributed by atoms with Gasteiger partial charge in [-0.2, -0.15) is 0 Å². The highest BCUT2D eigenvalue weighted by Gasteiger charge is 2.37. The maximum absolute atomic E-state index is 2.51. The second-order valence-electron chi connectivity index (χ2n) is 13.8. The number of fused-ring (bicyclic) bond motifs is 10. The first-order valence-corrected chi connectivity index (χ1v) is 19.6. The van der Waals surface area contributed by atoms with Crippen molar-refractivity contribution in [3.05, 3.63) is 192 Å². The minimum absolute atomic E-state index is 0.302. The lowest BCUT2D eigenvalue weighted by Crippen LogP contribution is -2.20. The third kappa shape index (κ3) is 5.17. The molecule has 0 N–H and O–H groups in total. The maximum Gasteiger partial charge on any atom is 0.0501 e. The molecule has 2 atom stereocenters. The first-order chi connectivity index (χ1) is 25.6. The van der Waals surface area contributed by atoms with Gasteiger partial charge in [-0.1, -0.05) is 108 Å². The molecule has 0 saturated heterocycles. The Morgan fingerprint density at radius 1 is 0.519 bits per heavy atom. The first-order valence-electron chi connectivity index (χ1n) is 17.9. The SMILES string of the molecule is Cc1ccc(N(C2=CC3Sc4c(c5ccccc5c5c4sc4cc(N(c6ccccc6)c6ccc(C)cc6)ccc45)C3C=C2)c2ccccc2)cc1. The van der Waals surface area contributed by atoms with Gasteiger partial charge in [0.25, 0.3) is 0 Å². The van der Waals surface area contributed by atoms with E-state index in [4.69, 9.17) is 0 Å². The monoisotopic (exact) mass is 704 g/mol. The lowest BCUT2D eigenvalue weighted by atomic mass is 9.86. The van der Waals surface area contributed by atoms with Crippen molar-refractivity contribution in [3.63, 3.8) is 0 Å². The highest BCUT2D eigenvalue weighted by atomic mass is 32.2. The number of aryl methyl sites for hydroxylation is 2. The van der Waals surface area contributed by atoms with Gasteiger partial charge in [0.05, 0.1) is 4.70 Å². The second-order valence-corrected chi connectivity index (χ2v) is 16.1. The third-order valence-electron chi connectivity index (χ3n) is 10.5. The highest BCUT2D eigenvalue weighted by Crippen LogP contribution is 2.57. The molecule has 1 aliphatic heterocycles. The number of hydrogen-bond donors (Lipinski definition) is 0. The number of nitrogens with zero attached hydrogens (tertiary/aromatic N) is 2. The number of thioether (sulfide) groups is 1. The fraction of sp³-hybridized carbons (Fsp3) is 0.0833. The van der Waals surface area contributed by atoms with Gasteiger partial charge in [0.15, 0.2) is 0 Å². The van der Waals surface area contributed by atoms with E-state index in [1.165, 1.54) is 75.3 Å². The first kappa shape index (κ1) is 31.2. The molecule has 1 aliphatic carbocycles. The van der Waals surface area contributed by atoms with Crippen molar-refractivity contribution < 1.29 is 0 Å². The molecule has 0 radical (unpaired) electrons. The fourth-order valence-corrected chi connectivity index (χ4v) is 10.9. The van der Waals surface area contributed by atoms with Gasteiger partial charge in [-0.25, -0.2) is 0 Å². The predicted molar refractivity (Wildman–Crippen MR) is 226 cm³/mol. The van der Waals surface area contributed by atoms with Crippen LogP contribution in [-0.4, -0.2) is 5.25 Å². The van der Waals surface area contributed by atoms with Crippen LogP contribution >= 0.6 is 23.1 Å². The molecule has 7 aromatic carbocycles. The van der Waals surface area contributed by atoms with Crippen molar-refractivity contribution in [1.82, 2.24) is 0 Å². The molecule has 0 spiro atoms. The van der Waals surface area contributed by atoms with E-state index in [1.54, 1.807) is 0 Å². The van der Waals surface area contributed by atoms with Gasteiger partial charge in [0, 0.05) is 65.7 Å². The molecule has 4 heteroatoms. The number of para-hydroxylation sites is 2. The van der Waals surface area contributed by atoms with Crippen molar-refractivity contribution >= 4 is 82.5 Å². The van der Waals surface area contributed by atoms with Crippen LogP contribution in [0.15, 0.2) is 180 Å². The van der Waals surface area contributed by atoms with E-state index in [1.807, 2.05) is 23.1 Å².